The molecule has 14 heavy (non-hydrogen) atoms. The first-order valence-corrected chi connectivity index (χ1v) is 3.82. The zero-order chi connectivity index (χ0) is 10.6. The van der Waals surface area contributed by atoms with Crippen molar-refractivity contribution in [1.29, 1.82) is 0 Å². The SMILES string of the molecule is CO/N=C/c1cc(C(=O)[O-])ccc1N. The average Bonchev–Trinajstić information content (AvgIpc) is 2.16. The minimum atomic E-state index is -1.25. The Labute approximate surface area is 80.8 Å². The van der Waals surface area contributed by atoms with Gasteiger partial charge in [0.05, 0.1) is 12.2 Å². The lowest BCUT2D eigenvalue weighted by atomic mass is 10.1. The summed E-state index contributed by atoms with van der Waals surface area (Å²) in [5, 5.41) is 14.0. The standard InChI is InChI=1S/C9H10N2O3/c1-14-11-5-7-4-6(9(12)13)2-3-8(7)10/h2-5H,10H2,1H3,(H,12,13)/p-1/b11-5+. The molecule has 0 atom stereocenters. The van der Waals surface area contributed by atoms with E-state index in [-0.39, 0.29) is 5.56 Å². The van der Waals surface area contributed by atoms with Gasteiger partial charge in [0.2, 0.25) is 0 Å². The van der Waals surface area contributed by atoms with Crippen LogP contribution in [-0.2, 0) is 4.84 Å². The number of carbonyl (C=O) groups excluding carboxylic acids is 1. The molecule has 0 radical (unpaired) electrons. The number of oxime groups is 1. The molecule has 0 aromatic heterocycles. The second kappa shape index (κ2) is 4.27. The summed E-state index contributed by atoms with van der Waals surface area (Å²) in [5.74, 6) is -1.25. The molecule has 0 bridgehead atoms. The lowest BCUT2D eigenvalue weighted by molar-refractivity contribution is -0.255. The Morgan fingerprint density at radius 2 is 2.36 bits per heavy atom. The summed E-state index contributed by atoms with van der Waals surface area (Å²) in [7, 11) is 1.38. The van der Waals surface area contributed by atoms with Gasteiger partial charge in [0.1, 0.15) is 7.11 Å². The highest BCUT2D eigenvalue weighted by Gasteiger charge is 1.99. The molecule has 0 saturated heterocycles. The molecule has 1 rings (SSSR count). The normalized spacial score (nSPS) is 10.4. The van der Waals surface area contributed by atoms with Crippen LogP contribution in [0.2, 0.25) is 0 Å². The number of nitrogens with two attached hydrogens (primary N) is 1. The first-order valence-electron chi connectivity index (χ1n) is 3.82. The highest BCUT2D eigenvalue weighted by atomic mass is 16.6. The van der Waals surface area contributed by atoms with E-state index in [1.165, 1.54) is 31.5 Å². The molecule has 74 valence electrons. The highest BCUT2D eigenvalue weighted by molar-refractivity contribution is 5.93. The summed E-state index contributed by atoms with van der Waals surface area (Å²) in [6.07, 6.45) is 1.34. The quantitative estimate of drug-likeness (QED) is 0.402. The van der Waals surface area contributed by atoms with Crippen LogP contribution in [0.5, 0.6) is 0 Å². The number of nitrogens with zero attached hydrogens (tertiary/aromatic N) is 1. The third-order valence-electron chi connectivity index (χ3n) is 1.62. The summed E-state index contributed by atoms with van der Waals surface area (Å²) in [4.78, 5) is 15.0. The van der Waals surface area contributed by atoms with E-state index >= 15 is 0 Å². The van der Waals surface area contributed by atoms with Gasteiger partial charge in [-0.15, -0.1) is 0 Å². The molecule has 1 aromatic carbocycles. The molecule has 0 saturated carbocycles. The lowest BCUT2D eigenvalue weighted by Gasteiger charge is -2.05. The van der Waals surface area contributed by atoms with Crippen LogP contribution >= 0.6 is 0 Å². The van der Waals surface area contributed by atoms with Gasteiger partial charge in [-0.2, -0.15) is 0 Å². The second-order valence-corrected chi connectivity index (χ2v) is 2.55. The van der Waals surface area contributed by atoms with Crippen LogP contribution in [0.25, 0.3) is 0 Å². The number of nitrogen functional groups attached to an aromatic ring is 1. The Hall–Kier alpha value is -2.04. The Morgan fingerprint density at radius 3 is 2.93 bits per heavy atom. The molecule has 1 aromatic rings. The zero-order valence-electron chi connectivity index (χ0n) is 7.56. The van der Waals surface area contributed by atoms with Crippen molar-refractivity contribution in [1.82, 2.24) is 0 Å². The van der Waals surface area contributed by atoms with Gasteiger partial charge in [-0.1, -0.05) is 11.2 Å². The van der Waals surface area contributed by atoms with Gasteiger partial charge in [0.15, 0.2) is 0 Å². The molecule has 0 heterocycles. The summed E-state index contributed by atoms with van der Waals surface area (Å²) >= 11 is 0. The third-order valence-corrected chi connectivity index (χ3v) is 1.62. The number of anilines is 1. The fourth-order valence-electron chi connectivity index (χ4n) is 0.923. The summed E-state index contributed by atoms with van der Waals surface area (Å²) < 4.78 is 0. The molecule has 0 aliphatic rings. The van der Waals surface area contributed by atoms with Crippen molar-refractivity contribution in [2.24, 2.45) is 5.16 Å². The second-order valence-electron chi connectivity index (χ2n) is 2.55. The van der Waals surface area contributed by atoms with Gasteiger partial charge in [0, 0.05) is 11.3 Å². The molecule has 0 aliphatic heterocycles. The number of benzene rings is 1. The Morgan fingerprint density at radius 1 is 1.64 bits per heavy atom. The first-order chi connectivity index (χ1) is 6.65. The number of carboxylic acid groups (broad SMARTS) is 1. The number of carboxylic acids is 1. The molecule has 5 nitrogen and oxygen atoms in total. The molecule has 0 amide bonds. The van der Waals surface area contributed by atoms with Gasteiger partial charge in [0.25, 0.3) is 0 Å². The van der Waals surface area contributed by atoms with Gasteiger partial charge >= 0.3 is 0 Å². The maximum Gasteiger partial charge on any atom is 0.106 e. The van der Waals surface area contributed by atoms with Gasteiger partial charge in [-0.05, 0) is 17.7 Å². The number of rotatable bonds is 3. The number of aromatic carboxylic acids is 1. The van der Waals surface area contributed by atoms with E-state index in [2.05, 4.69) is 9.99 Å². The minimum absolute atomic E-state index is 0.0525. The molecule has 0 aliphatic carbocycles. The van der Waals surface area contributed by atoms with Crippen molar-refractivity contribution in [2.75, 3.05) is 12.8 Å². The number of carbonyl (C=O) groups is 1. The van der Waals surface area contributed by atoms with Gasteiger partial charge in [-0.25, -0.2) is 0 Å². The smallest absolute Gasteiger partial charge is 0.106 e. The van der Waals surface area contributed by atoms with Crippen LogP contribution in [-0.4, -0.2) is 19.3 Å². The van der Waals surface area contributed by atoms with Crippen LogP contribution in [0, 0.1) is 0 Å². The largest absolute Gasteiger partial charge is 0.545 e. The third kappa shape index (κ3) is 2.22. The average molecular weight is 193 g/mol. The maximum absolute atomic E-state index is 10.5. The summed E-state index contributed by atoms with van der Waals surface area (Å²) in [6.45, 7) is 0. The van der Waals surface area contributed by atoms with Crippen molar-refractivity contribution >= 4 is 17.9 Å². The van der Waals surface area contributed by atoms with Crippen molar-refractivity contribution in [3.63, 3.8) is 0 Å². The molecular formula is C9H9N2O3-. The van der Waals surface area contributed by atoms with Crippen LogP contribution in [0.15, 0.2) is 23.4 Å². The van der Waals surface area contributed by atoms with Crippen LogP contribution in [0.1, 0.15) is 15.9 Å². The molecule has 0 fully saturated rings. The zero-order valence-corrected chi connectivity index (χ0v) is 7.56. The fourth-order valence-corrected chi connectivity index (χ4v) is 0.923. The topological polar surface area (TPSA) is 87.7 Å². The predicted octanol–water partition coefficient (Wildman–Crippen LogP) is -0.387. The summed E-state index contributed by atoms with van der Waals surface area (Å²) in [6, 6.07) is 4.21. The summed E-state index contributed by atoms with van der Waals surface area (Å²) in [5.41, 5.74) is 6.53. The van der Waals surface area contributed by atoms with E-state index in [9.17, 15) is 9.90 Å². The van der Waals surface area contributed by atoms with Gasteiger partial charge in [-0.3, -0.25) is 0 Å². The van der Waals surface area contributed by atoms with E-state index in [1.807, 2.05) is 0 Å². The minimum Gasteiger partial charge on any atom is -0.545 e. The van der Waals surface area contributed by atoms with Crippen molar-refractivity contribution in [2.45, 2.75) is 0 Å². The lowest BCUT2D eigenvalue weighted by Crippen LogP contribution is -2.22. The predicted molar refractivity (Wildman–Crippen MR) is 49.8 cm³/mol. The van der Waals surface area contributed by atoms with Crippen LogP contribution in [0.3, 0.4) is 0 Å². The monoisotopic (exact) mass is 193 g/mol. The Kier molecular flexibility index (Phi) is 3.06. The van der Waals surface area contributed by atoms with E-state index in [0.29, 0.717) is 11.3 Å². The molecule has 2 N–H and O–H groups in total. The number of hydrogen-bond donors (Lipinski definition) is 1. The molecule has 5 heteroatoms. The fraction of sp³-hybridized carbons (Fsp3) is 0.111. The van der Waals surface area contributed by atoms with Crippen LogP contribution in [0.4, 0.5) is 5.69 Å². The highest BCUT2D eigenvalue weighted by Crippen LogP contribution is 2.11. The van der Waals surface area contributed by atoms with Crippen molar-refractivity contribution in [3.05, 3.63) is 29.3 Å². The van der Waals surface area contributed by atoms with E-state index in [1.54, 1.807) is 0 Å². The van der Waals surface area contributed by atoms with E-state index in [4.69, 9.17) is 5.73 Å². The number of hydrogen-bond acceptors (Lipinski definition) is 5. The Balaban J connectivity index is 3.08. The maximum atomic E-state index is 10.5. The molecular weight excluding hydrogens is 184 g/mol. The Bertz CT molecular complexity index is 374. The van der Waals surface area contributed by atoms with E-state index in [0.717, 1.165) is 0 Å². The first kappa shape index (κ1) is 10.0. The van der Waals surface area contributed by atoms with Gasteiger partial charge < -0.3 is 20.5 Å². The molecule has 0 unspecified atom stereocenters. The van der Waals surface area contributed by atoms with Crippen molar-refractivity contribution < 1.29 is 14.7 Å². The van der Waals surface area contributed by atoms with Crippen LogP contribution < -0.4 is 10.8 Å². The molecule has 0 spiro atoms. The van der Waals surface area contributed by atoms with Crippen molar-refractivity contribution in [3.8, 4) is 0 Å². The van der Waals surface area contributed by atoms with E-state index < -0.39 is 5.97 Å².